The normalized spacial score (nSPS) is 13.1. The van der Waals surface area contributed by atoms with Gasteiger partial charge in [0.1, 0.15) is 0 Å². The second kappa shape index (κ2) is 6.46. The van der Waals surface area contributed by atoms with E-state index in [9.17, 15) is 18.6 Å². The van der Waals surface area contributed by atoms with Crippen molar-refractivity contribution >= 4 is 15.2 Å². The Morgan fingerprint density at radius 3 is 2.00 bits per heavy atom. The van der Waals surface area contributed by atoms with Gasteiger partial charge in [-0.15, -0.1) is 0 Å². The summed E-state index contributed by atoms with van der Waals surface area (Å²) in [5, 5.41) is 6.26. The van der Waals surface area contributed by atoms with E-state index in [0.717, 1.165) is 16.8 Å². The Morgan fingerprint density at radius 1 is 0.958 bits per heavy atom. The highest BCUT2D eigenvalue weighted by Crippen LogP contribution is 2.67. The van der Waals surface area contributed by atoms with Crippen molar-refractivity contribution in [2.45, 2.75) is 11.6 Å². The standard InChI is InChI=1S/C13H14FNO7P2/c14-12-6-11(10-4-2-1-3-5-10)7-15(8-12)9-13(16,23(17,18)19)24(20,21)22/h1-8,16H,9H2,(H3-,17,18,19,20,21,22)/p+1. The van der Waals surface area contributed by atoms with E-state index in [2.05, 4.69) is 0 Å². The maximum absolute atomic E-state index is 13.8. The van der Waals surface area contributed by atoms with Gasteiger partial charge < -0.3 is 24.7 Å². The van der Waals surface area contributed by atoms with Crippen LogP contribution in [0.4, 0.5) is 4.39 Å². The molecule has 0 saturated carbocycles. The lowest BCUT2D eigenvalue weighted by molar-refractivity contribution is -0.704. The highest BCUT2D eigenvalue weighted by Gasteiger charge is 2.62. The lowest BCUT2D eigenvalue weighted by atomic mass is 10.1. The fourth-order valence-electron chi connectivity index (χ4n) is 2.08. The summed E-state index contributed by atoms with van der Waals surface area (Å²) in [5.41, 5.74) is 0.871. The Balaban J connectivity index is 2.52. The number of pyridine rings is 1. The van der Waals surface area contributed by atoms with Crippen LogP contribution < -0.4 is 4.57 Å². The zero-order valence-corrected chi connectivity index (χ0v) is 13.9. The molecule has 11 heteroatoms. The van der Waals surface area contributed by atoms with Crippen LogP contribution in [0.25, 0.3) is 11.1 Å². The molecule has 24 heavy (non-hydrogen) atoms. The van der Waals surface area contributed by atoms with Crippen LogP contribution >= 0.6 is 15.2 Å². The third kappa shape index (κ3) is 3.79. The molecule has 0 unspecified atom stereocenters. The molecule has 0 atom stereocenters. The first-order chi connectivity index (χ1) is 10.9. The molecular weight excluding hydrogens is 363 g/mol. The van der Waals surface area contributed by atoms with Crippen molar-refractivity contribution < 1.29 is 42.8 Å². The minimum absolute atomic E-state index is 0.300. The highest BCUT2D eigenvalue weighted by molar-refractivity contribution is 7.72. The van der Waals surface area contributed by atoms with Gasteiger partial charge in [-0.1, -0.05) is 30.3 Å². The number of benzene rings is 1. The van der Waals surface area contributed by atoms with Crippen molar-refractivity contribution in [2.75, 3.05) is 0 Å². The summed E-state index contributed by atoms with van der Waals surface area (Å²) in [6.45, 7) is -1.20. The zero-order valence-electron chi connectivity index (χ0n) is 12.1. The van der Waals surface area contributed by atoms with E-state index in [-0.39, 0.29) is 0 Å². The molecule has 1 aromatic heterocycles. The average Bonchev–Trinajstić information content (AvgIpc) is 2.45. The molecule has 0 spiro atoms. The number of aromatic nitrogens is 1. The van der Waals surface area contributed by atoms with Gasteiger partial charge in [0.2, 0.25) is 12.7 Å². The van der Waals surface area contributed by atoms with Crippen LogP contribution in [0.5, 0.6) is 0 Å². The van der Waals surface area contributed by atoms with E-state index in [0.29, 0.717) is 11.1 Å². The number of nitrogens with zero attached hydrogens (tertiary/aromatic N) is 1. The molecule has 0 saturated heterocycles. The molecule has 0 aliphatic heterocycles. The highest BCUT2D eigenvalue weighted by atomic mass is 31.2. The van der Waals surface area contributed by atoms with E-state index in [4.69, 9.17) is 19.6 Å². The van der Waals surface area contributed by atoms with Crippen molar-refractivity contribution in [1.29, 1.82) is 0 Å². The van der Waals surface area contributed by atoms with Crippen molar-refractivity contribution in [3.63, 3.8) is 0 Å². The van der Waals surface area contributed by atoms with E-state index >= 15 is 0 Å². The predicted octanol–water partition coefficient (Wildman–Crippen LogP) is 0.782. The van der Waals surface area contributed by atoms with Crippen LogP contribution in [0, 0.1) is 5.82 Å². The number of hydrogen-bond acceptors (Lipinski definition) is 3. The molecule has 0 amide bonds. The van der Waals surface area contributed by atoms with Crippen LogP contribution in [-0.4, -0.2) is 29.8 Å². The van der Waals surface area contributed by atoms with E-state index < -0.39 is 32.6 Å². The fraction of sp³-hybridized carbons (Fsp3) is 0.154. The predicted molar refractivity (Wildman–Crippen MR) is 81.1 cm³/mol. The van der Waals surface area contributed by atoms with Crippen LogP contribution in [0.3, 0.4) is 0 Å². The van der Waals surface area contributed by atoms with Gasteiger partial charge in [-0.3, -0.25) is 9.13 Å². The molecule has 0 bridgehead atoms. The molecule has 1 aromatic carbocycles. The summed E-state index contributed by atoms with van der Waals surface area (Å²) >= 11 is 0. The van der Waals surface area contributed by atoms with Gasteiger partial charge in [-0.25, -0.2) is 4.39 Å². The van der Waals surface area contributed by atoms with E-state index in [1.54, 1.807) is 30.3 Å². The SMILES string of the molecule is O=P(O)(O)C(O)(C[n+]1cc(F)cc(-c2ccccc2)c1)P(=O)(O)O. The summed E-state index contributed by atoms with van der Waals surface area (Å²) in [6, 6.07) is 9.55. The molecule has 1 heterocycles. The van der Waals surface area contributed by atoms with Crippen molar-refractivity contribution in [2.24, 2.45) is 0 Å². The van der Waals surface area contributed by atoms with Crippen molar-refractivity contribution in [3.8, 4) is 11.1 Å². The van der Waals surface area contributed by atoms with Gasteiger partial charge in [-0.2, -0.15) is 4.57 Å². The molecule has 0 aliphatic rings. The van der Waals surface area contributed by atoms with Crippen molar-refractivity contribution in [3.05, 3.63) is 54.6 Å². The van der Waals surface area contributed by atoms with Gasteiger partial charge >= 0.3 is 20.3 Å². The molecular formula is C13H15FNO7P2+. The minimum Gasteiger partial charge on any atom is -0.363 e. The lowest BCUT2D eigenvalue weighted by Gasteiger charge is -2.26. The number of hydrogen-bond donors (Lipinski definition) is 5. The smallest absolute Gasteiger partial charge is 0.363 e. The van der Waals surface area contributed by atoms with Gasteiger partial charge in [0, 0.05) is 5.56 Å². The second-order valence-electron chi connectivity index (χ2n) is 5.14. The Kier molecular flexibility index (Phi) is 5.09. The summed E-state index contributed by atoms with van der Waals surface area (Å²) in [4.78, 5) is 36.6. The van der Waals surface area contributed by atoms with Gasteiger partial charge in [0.05, 0.1) is 0 Å². The quantitative estimate of drug-likeness (QED) is 0.383. The third-order valence-electron chi connectivity index (χ3n) is 3.32. The third-order valence-corrected chi connectivity index (χ3v) is 7.03. The van der Waals surface area contributed by atoms with Crippen molar-refractivity contribution in [1.82, 2.24) is 0 Å². The molecule has 0 radical (unpaired) electrons. The summed E-state index contributed by atoms with van der Waals surface area (Å²) in [7, 11) is -11.3. The average molecular weight is 378 g/mol. The Bertz CT molecular complexity index is 811. The van der Waals surface area contributed by atoms with Gasteiger partial charge in [0.25, 0.3) is 0 Å². The van der Waals surface area contributed by atoms with Gasteiger partial charge in [-0.05, 0) is 11.6 Å². The molecule has 0 aliphatic carbocycles. The Hall–Kier alpha value is -1.44. The second-order valence-corrected chi connectivity index (χ2v) is 9.15. The van der Waals surface area contributed by atoms with Crippen LogP contribution in [0.1, 0.15) is 0 Å². The maximum Gasteiger partial charge on any atom is 0.376 e. The number of rotatable bonds is 5. The largest absolute Gasteiger partial charge is 0.376 e. The molecule has 2 rings (SSSR count). The number of aliphatic hydroxyl groups is 1. The summed E-state index contributed by atoms with van der Waals surface area (Å²) < 4.78 is 37.4. The van der Waals surface area contributed by atoms with E-state index in [1.165, 1.54) is 6.20 Å². The molecule has 8 nitrogen and oxygen atoms in total. The molecule has 2 aromatic rings. The summed E-state index contributed by atoms with van der Waals surface area (Å²) in [6.07, 6.45) is 1.98. The summed E-state index contributed by atoms with van der Waals surface area (Å²) in [5.74, 6) is -0.810. The molecule has 130 valence electrons. The van der Waals surface area contributed by atoms with E-state index in [1.807, 2.05) is 0 Å². The first kappa shape index (κ1) is 18.9. The minimum atomic E-state index is -5.63. The monoisotopic (exact) mass is 378 g/mol. The van der Waals surface area contributed by atoms with Crippen LogP contribution in [-0.2, 0) is 15.7 Å². The topological polar surface area (TPSA) is 139 Å². The Morgan fingerprint density at radius 2 is 1.50 bits per heavy atom. The maximum atomic E-state index is 13.8. The lowest BCUT2D eigenvalue weighted by Crippen LogP contribution is -2.47. The first-order valence-corrected chi connectivity index (χ1v) is 9.75. The molecule has 5 N–H and O–H groups in total. The Labute approximate surface area is 136 Å². The fourth-order valence-corrected chi connectivity index (χ4v) is 4.13. The molecule has 0 fully saturated rings. The van der Waals surface area contributed by atoms with Crippen LogP contribution in [0.15, 0.2) is 48.8 Å². The number of halogens is 1. The van der Waals surface area contributed by atoms with Crippen LogP contribution in [0.2, 0.25) is 0 Å². The van der Waals surface area contributed by atoms with Gasteiger partial charge in [0.15, 0.2) is 12.0 Å². The zero-order chi connectivity index (χ0) is 18.2. The first-order valence-electron chi connectivity index (χ1n) is 6.53.